The number of aromatic nitrogens is 2. The van der Waals surface area contributed by atoms with Crippen LogP contribution in [0, 0.1) is 0 Å². The minimum atomic E-state index is 0.199. The molecule has 0 fully saturated rings. The maximum atomic E-state index is 6.16. The van der Waals surface area contributed by atoms with Crippen LogP contribution in [-0.2, 0) is 6.42 Å². The van der Waals surface area contributed by atoms with Gasteiger partial charge in [0.1, 0.15) is 16.1 Å². The predicted molar refractivity (Wildman–Crippen MR) is 80.4 cm³/mol. The van der Waals surface area contributed by atoms with E-state index in [0.29, 0.717) is 27.6 Å². The van der Waals surface area contributed by atoms with E-state index in [1.54, 1.807) is 0 Å². The van der Waals surface area contributed by atoms with Crippen molar-refractivity contribution in [2.24, 2.45) is 0 Å². The van der Waals surface area contributed by atoms with Crippen LogP contribution in [0.5, 0.6) is 0 Å². The highest BCUT2D eigenvalue weighted by Gasteiger charge is 2.14. The molecule has 2 rings (SSSR count). The molecule has 0 bridgehead atoms. The summed E-state index contributed by atoms with van der Waals surface area (Å²) >= 11 is 18.2. The van der Waals surface area contributed by atoms with Crippen molar-refractivity contribution in [3.05, 3.63) is 56.5 Å². The topological polar surface area (TPSA) is 25.8 Å². The Morgan fingerprint density at radius 2 is 1.47 bits per heavy atom. The van der Waals surface area contributed by atoms with Crippen molar-refractivity contribution in [3.8, 4) is 0 Å². The van der Waals surface area contributed by atoms with Crippen LogP contribution < -0.4 is 0 Å². The fraction of sp³-hybridized carbons (Fsp3) is 0.286. The van der Waals surface area contributed by atoms with Gasteiger partial charge in [-0.1, -0.05) is 60.8 Å². The molecule has 19 heavy (non-hydrogen) atoms. The van der Waals surface area contributed by atoms with Crippen LogP contribution in [0.3, 0.4) is 0 Å². The van der Waals surface area contributed by atoms with E-state index in [0.717, 1.165) is 11.1 Å². The highest BCUT2D eigenvalue weighted by molar-refractivity contribution is 6.34. The molecular weight excluding hydrogens is 303 g/mol. The lowest BCUT2D eigenvalue weighted by molar-refractivity contribution is 0.830. The van der Waals surface area contributed by atoms with E-state index >= 15 is 0 Å². The Kier molecular flexibility index (Phi) is 4.67. The molecule has 0 atom stereocenters. The summed E-state index contributed by atoms with van der Waals surface area (Å²) < 4.78 is 0. The van der Waals surface area contributed by atoms with Crippen molar-refractivity contribution < 1.29 is 0 Å². The number of rotatable bonds is 3. The molecule has 0 saturated heterocycles. The van der Waals surface area contributed by atoms with Gasteiger partial charge in [0.05, 0.1) is 0 Å². The Hall–Kier alpha value is -0.830. The standard InChI is InChI=1S/C14H13Cl3N2/c1-8(2)12-13(16)18-11(19-14(12)17)7-9-3-5-10(15)6-4-9/h3-6,8H,7H2,1-2H3. The molecule has 0 aliphatic heterocycles. The van der Waals surface area contributed by atoms with Gasteiger partial charge in [-0.3, -0.25) is 0 Å². The number of nitrogens with zero attached hydrogens (tertiary/aromatic N) is 2. The molecule has 1 heterocycles. The quantitative estimate of drug-likeness (QED) is 0.732. The predicted octanol–water partition coefficient (Wildman–Crippen LogP) is 5.15. The van der Waals surface area contributed by atoms with Crippen LogP contribution in [0.1, 0.15) is 36.7 Å². The van der Waals surface area contributed by atoms with E-state index in [-0.39, 0.29) is 5.92 Å². The Morgan fingerprint density at radius 3 is 1.95 bits per heavy atom. The molecule has 0 saturated carbocycles. The van der Waals surface area contributed by atoms with Crippen LogP contribution in [0.25, 0.3) is 0 Å². The third-order valence-electron chi connectivity index (χ3n) is 2.75. The van der Waals surface area contributed by atoms with Gasteiger partial charge < -0.3 is 0 Å². The molecule has 0 aliphatic carbocycles. The molecule has 5 heteroatoms. The van der Waals surface area contributed by atoms with Crippen LogP contribution in [0.15, 0.2) is 24.3 Å². The van der Waals surface area contributed by atoms with Crippen LogP contribution in [0.2, 0.25) is 15.3 Å². The first-order chi connectivity index (χ1) is 8.97. The zero-order valence-electron chi connectivity index (χ0n) is 10.6. The zero-order chi connectivity index (χ0) is 14.0. The van der Waals surface area contributed by atoms with Gasteiger partial charge >= 0.3 is 0 Å². The second kappa shape index (κ2) is 6.08. The normalized spacial score (nSPS) is 11.1. The third-order valence-corrected chi connectivity index (χ3v) is 3.58. The lowest BCUT2D eigenvalue weighted by atomic mass is 10.1. The monoisotopic (exact) mass is 314 g/mol. The lowest BCUT2D eigenvalue weighted by Gasteiger charge is -2.11. The zero-order valence-corrected chi connectivity index (χ0v) is 12.9. The largest absolute Gasteiger partial charge is 0.220 e. The molecule has 1 aromatic carbocycles. The molecule has 0 radical (unpaired) electrons. The number of hydrogen-bond donors (Lipinski definition) is 0. The Morgan fingerprint density at radius 1 is 0.947 bits per heavy atom. The van der Waals surface area contributed by atoms with Gasteiger partial charge in [-0.25, -0.2) is 9.97 Å². The molecule has 0 aliphatic rings. The van der Waals surface area contributed by atoms with Gasteiger partial charge in [-0.2, -0.15) is 0 Å². The maximum absolute atomic E-state index is 6.16. The summed E-state index contributed by atoms with van der Waals surface area (Å²) in [5.41, 5.74) is 1.86. The number of benzene rings is 1. The van der Waals surface area contributed by atoms with Gasteiger partial charge in [0.2, 0.25) is 0 Å². The van der Waals surface area contributed by atoms with Crippen molar-refractivity contribution >= 4 is 34.8 Å². The van der Waals surface area contributed by atoms with Gasteiger partial charge in [-0.05, 0) is 23.6 Å². The molecule has 0 amide bonds. The average Bonchev–Trinajstić information content (AvgIpc) is 2.30. The summed E-state index contributed by atoms with van der Waals surface area (Å²) in [5, 5.41) is 1.56. The van der Waals surface area contributed by atoms with Gasteiger partial charge in [0.15, 0.2) is 0 Å². The van der Waals surface area contributed by atoms with E-state index in [9.17, 15) is 0 Å². The van der Waals surface area contributed by atoms with Crippen LogP contribution >= 0.6 is 34.8 Å². The second-order valence-corrected chi connectivity index (χ2v) is 5.75. The van der Waals surface area contributed by atoms with E-state index in [1.807, 2.05) is 38.1 Å². The fourth-order valence-electron chi connectivity index (χ4n) is 1.80. The molecule has 2 nitrogen and oxygen atoms in total. The summed E-state index contributed by atoms with van der Waals surface area (Å²) in [4.78, 5) is 8.62. The maximum Gasteiger partial charge on any atom is 0.137 e. The first-order valence-corrected chi connectivity index (χ1v) is 7.07. The molecule has 1 aromatic heterocycles. The second-order valence-electron chi connectivity index (χ2n) is 4.59. The summed E-state index contributed by atoms with van der Waals surface area (Å²) in [7, 11) is 0. The van der Waals surface area contributed by atoms with Crippen LogP contribution in [0.4, 0.5) is 0 Å². The molecule has 0 unspecified atom stereocenters. The van der Waals surface area contributed by atoms with Crippen molar-refractivity contribution in [1.29, 1.82) is 0 Å². The van der Waals surface area contributed by atoms with Crippen molar-refractivity contribution in [3.63, 3.8) is 0 Å². The lowest BCUT2D eigenvalue weighted by Crippen LogP contribution is -2.03. The number of hydrogen-bond acceptors (Lipinski definition) is 2. The van der Waals surface area contributed by atoms with Crippen molar-refractivity contribution in [2.75, 3.05) is 0 Å². The molecule has 2 aromatic rings. The third kappa shape index (κ3) is 3.59. The van der Waals surface area contributed by atoms with Crippen molar-refractivity contribution in [2.45, 2.75) is 26.2 Å². The average molecular weight is 316 g/mol. The van der Waals surface area contributed by atoms with Gasteiger partial charge in [-0.15, -0.1) is 0 Å². The Labute approximate surface area is 127 Å². The summed E-state index contributed by atoms with van der Waals surface area (Å²) in [6.45, 7) is 4.02. The summed E-state index contributed by atoms with van der Waals surface area (Å²) in [6.07, 6.45) is 0.578. The molecule has 0 spiro atoms. The summed E-state index contributed by atoms with van der Waals surface area (Å²) in [6, 6.07) is 7.54. The summed E-state index contributed by atoms with van der Waals surface area (Å²) in [5.74, 6) is 0.811. The molecule has 0 N–H and O–H groups in total. The minimum Gasteiger partial charge on any atom is -0.220 e. The van der Waals surface area contributed by atoms with E-state index in [4.69, 9.17) is 34.8 Å². The van der Waals surface area contributed by atoms with Gasteiger partial charge in [0, 0.05) is 17.0 Å². The van der Waals surface area contributed by atoms with Crippen LogP contribution in [-0.4, -0.2) is 9.97 Å². The number of halogens is 3. The van der Waals surface area contributed by atoms with E-state index < -0.39 is 0 Å². The van der Waals surface area contributed by atoms with Gasteiger partial charge in [0.25, 0.3) is 0 Å². The molecule has 100 valence electrons. The minimum absolute atomic E-state index is 0.199. The first kappa shape index (κ1) is 14.6. The highest BCUT2D eigenvalue weighted by atomic mass is 35.5. The smallest absolute Gasteiger partial charge is 0.137 e. The first-order valence-electron chi connectivity index (χ1n) is 5.93. The van der Waals surface area contributed by atoms with Crippen molar-refractivity contribution in [1.82, 2.24) is 9.97 Å². The molecular formula is C14H13Cl3N2. The van der Waals surface area contributed by atoms with E-state index in [1.165, 1.54) is 0 Å². The fourth-order valence-corrected chi connectivity index (χ4v) is 2.78. The highest BCUT2D eigenvalue weighted by Crippen LogP contribution is 2.29. The Balaban J connectivity index is 2.29. The van der Waals surface area contributed by atoms with E-state index in [2.05, 4.69) is 9.97 Å². The SMILES string of the molecule is CC(C)c1c(Cl)nc(Cc2ccc(Cl)cc2)nc1Cl. The Bertz CT molecular complexity index is 557.